The molecule has 0 aromatic heterocycles. The predicted octanol–water partition coefficient (Wildman–Crippen LogP) is 3.71. The van der Waals surface area contributed by atoms with Gasteiger partial charge in [0.2, 0.25) is 5.91 Å². The fourth-order valence-electron chi connectivity index (χ4n) is 2.82. The predicted molar refractivity (Wildman–Crippen MR) is 87.8 cm³/mol. The first kappa shape index (κ1) is 14.3. The largest absolute Gasteiger partial charge is 0.305 e. The third-order valence-corrected chi connectivity index (χ3v) is 3.86. The van der Waals surface area contributed by atoms with Gasteiger partial charge in [0.15, 0.2) is 5.78 Å². The number of benzene rings is 2. The maximum Gasteiger partial charge on any atom is 0.224 e. The maximum absolute atomic E-state index is 12.4. The van der Waals surface area contributed by atoms with Crippen molar-refractivity contribution in [2.24, 2.45) is 0 Å². The molecule has 0 saturated carbocycles. The van der Waals surface area contributed by atoms with E-state index >= 15 is 0 Å². The summed E-state index contributed by atoms with van der Waals surface area (Å²) in [6, 6.07) is 16.7. The molecule has 2 aromatic rings. The van der Waals surface area contributed by atoms with Crippen LogP contribution in [0.25, 0.3) is 6.08 Å². The minimum atomic E-state index is -0.236. The first-order valence-electron chi connectivity index (χ1n) is 7.32. The molecule has 0 radical (unpaired) electrons. The van der Waals surface area contributed by atoms with E-state index in [9.17, 15) is 9.59 Å². The zero-order valence-electron chi connectivity index (χ0n) is 12.4. The molecule has 1 heterocycles. The van der Waals surface area contributed by atoms with E-state index in [4.69, 9.17) is 0 Å². The first-order chi connectivity index (χ1) is 10.7. The van der Waals surface area contributed by atoms with Gasteiger partial charge in [-0.25, -0.2) is 0 Å². The summed E-state index contributed by atoms with van der Waals surface area (Å²) in [6.07, 6.45) is 4.21. The van der Waals surface area contributed by atoms with E-state index in [1.54, 1.807) is 17.0 Å². The van der Waals surface area contributed by atoms with Crippen molar-refractivity contribution in [1.29, 1.82) is 0 Å². The molecule has 1 atom stereocenters. The van der Waals surface area contributed by atoms with E-state index in [1.165, 1.54) is 6.92 Å². The van der Waals surface area contributed by atoms with Crippen LogP contribution in [0.3, 0.4) is 0 Å². The second-order valence-electron chi connectivity index (χ2n) is 5.37. The number of anilines is 1. The number of Topliss-reactive ketones (excluding diaryl/α,β-unsaturated/α-hetero) is 1. The highest BCUT2D eigenvalue weighted by atomic mass is 16.2. The van der Waals surface area contributed by atoms with E-state index in [0.29, 0.717) is 5.56 Å². The van der Waals surface area contributed by atoms with Crippen molar-refractivity contribution in [3.05, 3.63) is 71.8 Å². The molecule has 22 heavy (non-hydrogen) atoms. The van der Waals surface area contributed by atoms with Crippen molar-refractivity contribution in [2.75, 3.05) is 4.90 Å². The van der Waals surface area contributed by atoms with Crippen LogP contribution in [0.5, 0.6) is 0 Å². The fourth-order valence-corrected chi connectivity index (χ4v) is 2.82. The standard InChI is InChI=1S/C19H17NO2/c1-14(21)20-17(12-11-15-7-5-6-10-18(15)20)13-19(22)16-8-3-2-4-9-16/h2-12,17H,13H2,1H3. The van der Waals surface area contributed by atoms with Gasteiger partial charge in [0.1, 0.15) is 0 Å². The van der Waals surface area contributed by atoms with Crippen LogP contribution in [0.1, 0.15) is 29.3 Å². The van der Waals surface area contributed by atoms with Gasteiger partial charge in [0, 0.05) is 18.9 Å². The summed E-state index contributed by atoms with van der Waals surface area (Å²) in [6.45, 7) is 1.54. The Morgan fingerprint density at radius 3 is 2.41 bits per heavy atom. The highest BCUT2D eigenvalue weighted by Crippen LogP contribution is 2.30. The van der Waals surface area contributed by atoms with Crippen LogP contribution in [0.4, 0.5) is 5.69 Å². The van der Waals surface area contributed by atoms with Crippen LogP contribution in [-0.2, 0) is 4.79 Å². The highest BCUT2D eigenvalue weighted by molar-refractivity contribution is 6.01. The Morgan fingerprint density at radius 1 is 1.00 bits per heavy atom. The molecule has 0 saturated heterocycles. The molecule has 1 aliphatic heterocycles. The molecule has 0 N–H and O–H groups in total. The second kappa shape index (κ2) is 5.98. The smallest absolute Gasteiger partial charge is 0.224 e. The molecule has 0 aliphatic carbocycles. The summed E-state index contributed by atoms with van der Waals surface area (Å²) < 4.78 is 0. The lowest BCUT2D eigenvalue weighted by molar-refractivity contribution is -0.116. The molecule has 3 rings (SSSR count). The number of carbonyl (C=O) groups excluding carboxylic acids is 2. The second-order valence-corrected chi connectivity index (χ2v) is 5.37. The Bertz CT molecular complexity index is 734. The molecular formula is C19H17NO2. The van der Waals surface area contributed by atoms with Crippen molar-refractivity contribution in [2.45, 2.75) is 19.4 Å². The average molecular weight is 291 g/mol. The lowest BCUT2D eigenvalue weighted by Gasteiger charge is -2.33. The first-order valence-corrected chi connectivity index (χ1v) is 7.32. The molecule has 0 bridgehead atoms. The number of hydrogen-bond acceptors (Lipinski definition) is 2. The van der Waals surface area contributed by atoms with Gasteiger partial charge < -0.3 is 4.90 Å². The van der Waals surface area contributed by atoms with E-state index in [1.807, 2.05) is 54.6 Å². The number of carbonyl (C=O) groups is 2. The van der Waals surface area contributed by atoms with Crippen LogP contribution in [0, 0.1) is 0 Å². The highest BCUT2D eigenvalue weighted by Gasteiger charge is 2.27. The minimum absolute atomic E-state index is 0.0425. The summed E-state index contributed by atoms with van der Waals surface area (Å²) in [5.74, 6) is -0.0106. The van der Waals surface area contributed by atoms with Crippen molar-refractivity contribution >= 4 is 23.5 Å². The van der Waals surface area contributed by atoms with Gasteiger partial charge in [-0.3, -0.25) is 9.59 Å². The van der Waals surface area contributed by atoms with Gasteiger partial charge in [-0.1, -0.05) is 60.7 Å². The topological polar surface area (TPSA) is 37.4 Å². The Labute approximate surface area is 129 Å². The molecule has 2 aromatic carbocycles. The molecule has 0 spiro atoms. The summed E-state index contributed by atoms with van der Waals surface area (Å²) in [4.78, 5) is 26.2. The van der Waals surface area contributed by atoms with Crippen LogP contribution in [-0.4, -0.2) is 17.7 Å². The molecule has 1 unspecified atom stereocenters. The monoisotopic (exact) mass is 291 g/mol. The average Bonchev–Trinajstić information content (AvgIpc) is 2.55. The van der Waals surface area contributed by atoms with Crippen LogP contribution in [0.2, 0.25) is 0 Å². The Morgan fingerprint density at radius 2 is 1.68 bits per heavy atom. The van der Waals surface area contributed by atoms with Gasteiger partial charge in [-0.15, -0.1) is 0 Å². The quantitative estimate of drug-likeness (QED) is 0.808. The van der Waals surface area contributed by atoms with Gasteiger partial charge in [-0.05, 0) is 11.6 Å². The van der Waals surface area contributed by atoms with E-state index < -0.39 is 0 Å². The minimum Gasteiger partial charge on any atom is -0.305 e. The van der Waals surface area contributed by atoms with Crippen molar-refractivity contribution in [3.8, 4) is 0 Å². The maximum atomic E-state index is 12.4. The summed E-state index contributed by atoms with van der Waals surface area (Å²) >= 11 is 0. The van der Waals surface area contributed by atoms with Gasteiger partial charge in [-0.2, -0.15) is 0 Å². The normalized spacial score (nSPS) is 16.2. The van der Waals surface area contributed by atoms with E-state index in [-0.39, 0.29) is 24.2 Å². The number of nitrogens with zero attached hydrogens (tertiary/aromatic N) is 1. The SMILES string of the molecule is CC(=O)N1c2ccccc2C=CC1CC(=O)c1ccccc1. The molecule has 3 nitrogen and oxygen atoms in total. The molecular weight excluding hydrogens is 274 g/mol. The van der Waals surface area contributed by atoms with Crippen molar-refractivity contribution in [1.82, 2.24) is 0 Å². The van der Waals surface area contributed by atoms with Gasteiger partial charge in [0.25, 0.3) is 0 Å². The van der Waals surface area contributed by atoms with Gasteiger partial charge >= 0.3 is 0 Å². The Hall–Kier alpha value is -2.68. The van der Waals surface area contributed by atoms with Crippen LogP contribution >= 0.6 is 0 Å². The van der Waals surface area contributed by atoms with Crippen molar-refractivity contribution in [3.63, 3.8) is 0 Å². The zero-order valence-corrected chi connectivity index (χ0v) is 12.4. The van der Waals surface area contributed by atoms with E-state index in [0.717, 1.165) is 11.3 Å². The number of hydrogen-bond donors (Lipinski definition) is 0. The third kappa shape index (κ3) is 2.70. The fraction of sp³-hybridized carbons (Fsp3) is 0.158. The molecule has 3 heteroatoms. The van der Waals surface area contributed by atoms with Crippen LogP contribution in [0.15, 0.2) is 60.7 Å². The molecule has 110 valence electrons. The Balaban J connectivity index is 1.88. The number of ketones is 1. The number of amides is 1. The number of para-hydroxylation sites is 1. The summed E-state index contributed by atoms with van der Waals surface area (Å²) in [7, 11) is 0. The van der Waals surface area contributed by atoms with E-state index in [2.05, 4.69) is 0 Å². The number of fused-ring (bicyclic) bond motifs is 1. The molecule has 1 amide bonds. The van der Waals surface area contributed by atoms with Crippen molar-refractivity contribution < 1.29 is 9.59 Å². The van der Waals surface area contributed by atoms with Gasteiger partial charge in [0.05, 0.1) is 11.7 Å². The number of rotatable bonds is 3. The summed E-state index contributed by atoms with van der Waals surface area (Å²) in [5, 5.41) is 0. The third-order valence-electron chi connectivity index (χ3n) is 3.86. The lowest BCUT2D eigenvalue weighted by atomic mass is 9.97. The molecule has 1 aliphatic rings. The molecule has 0 fully saturated rings. The Kier molecular flexibility index (Phi) is 3.88. The zero-order chi connectivity index (χ0) is 15.5. The van der Waals surface area contributed by atoms with Crippen LogP contribution < -0.4 is 4.90 Å². The lowest BCUT2D eigenvalue weighted by Crippen LogP contribution is -2.41. The summed E-state index contributed by atoms with van der Waals surface area (Å²) in [5.41, 5.74) is 2.54.